The second kappa shape index (κ2) is 11.3. The van der Waals surface area contributed by atoms with E-state index in [1.54, 1.807) is 0 Å². The van der Waals surface area contributed by atoms with E-state index >= 15 is 0 Å². The van der Waals surface area contributed by atoms with Crippen molar-refractivity contribution in [3.63, 3.8) is 0 Å². The van der Waals surface area contributed by atoms with Gasteiger partial charge in [0.25, 0.3) is 0 Å². The number of thioether (sulfide) groups is 1. The van der Waals surface area contributed by atoms with Crippen molar-refractivity contribution in [1.29, 1.82) is 0 Å². The van der Waals surface area contributed by atoms with Crippen LogP contribution in [0.3, 0.4) is 0 Å². The van der Waals surface area contributed by atoms with Crippen molar-refractivity contribution in [3.05, 3.63) is 108 Å². The van der Waals surface area contributed by atoms with E-state index < -0.39 is 0 Å². The molecule has 0 bridgehead atoms. The predicted molar refractivity (Wildman–Crippen MR) is 122 cm³/mol. The van der Waals surface area contributed by atoms with Crippen LogP contribution in [0.5, 0.6) is 0 Å². The summed E-state index contributed by atoms with van der Waals surface area (Å²) in [6.45, 7) is 2.48. The summed E-state index contributed by atoms with van der Waals surface area (Å²) >= 11 is 1.89. The van der Waals surface area contributed by atoms with Gasteiger partial charge in [-0.2, -0.15) is 11.8 Å². The van der Waals surface area contributed by atoms with Gasteiger partial charge in [0.05, 0.1) is 43.9 Å². The minimum atomic E-state index is 0.00897. The highest BCUT2D eigenvalue weighted by atomic mass is 32.2. The third-order valence-corrected chi connectivity index (χ3v) is 6.55. The Hall–Kier alpha value is -2.11. The molecule has 0 unspecified atom stereocenters. The first-order chi connectivity index (χ1) is 14.9. The maximum atomic E-state index is 6.38. The van der Waals surface area contributed by atoms with E-state index in [1.807, 2.05) is 66.4 Å². The highest BCUT2D eigenvalue weighted by Crippen LogP contribution is 2.33. The maximum absolute atomic E-state index is 6.38. The smallest absolute Gasteiger partial charge is 0.0990 e. The third kappa shape index (κ3) is 6.19. The molecule has 0 saturated carbocycles. The monoisotopic (exact) mass is 420 g/mol. The number of rotatable bonds is 10. The molecule has 4 heteroatoms. The van der Waals surface area contributed by atoms with Crippen molar-refractivity contribution in [1.82, 2.24) is 0 Å². The lowest BCUT2D eigenvalue weighted by Crippen LogP contribution is -2.36. The topological polar surface area (TPSA) is 27.7 Å². The molecule has 0 spiro atoms. The van der Waals surface area contributed by atoms with Crippen LogP contribution in [-0.4, -0.2) is 29.8 Å². The molecular weight excluding hydrogens is 392 g/mol. The zero-order chi connectivity index (χ0) is 20.4. The van der Waals surface area contributed by atoms with E-state index in [1.165, 1.54) is 16.7 Å². The van der Waals surface area contributed by atoms with Crippen LogP contribution in [0.2, 0.25) is 0 Å². The molecule has 3 aromatic carbocycles. The first-order valence-corrected chi connectivity index (χ1v) is 11.5. The fourth-order valence-corrected chi connectivity index (χ4v) is 4.92. The van der Waals surface area contributed by atoms with Crippen molar-refractivity contribution in [2.24, 2.45) is 0 Å². The molecule has 30 heavy (non-hydrogen) atoms. The minimum absolute atomic E-state index is 0.00897. The van der Waals surface area contributed by atoms with Gasteiger partial charge in [0.15, 0.2) is 0 Å². The summed E-state index contributed by atoms with van der Waals surface area (Å²) in [5.41, 5.74) is 3.56. The van der Waals surface area contributed by atoms with Crippen LogP contribution in [0.25, 0.3) is 0 Å². The Balaban J connectivity index is 1.35. The van der Waals surface area contributed by atoms with Gasteiger partial charge in [0.2, 0.25) is 0 Å². The lowest BCUT2D eigenvalue weighted by molar-refractivity contribution is -0.0768. The van der Waals surface area contributed by atoms with Crippen molar-refractivity contribution >= 4 is 11.8 Å². The third-order valence-electron chi connectivity index (χ3n) is 5.19. The molecule has 0 N–H and O–H groups in total. The summed E-state index contributed by atoms with van der Waals surface area (Å²) in [4.78, 5) is 0. The Labute approximate surface area is 183 Å². The van der Waals surface area contributed by atoms with E-state index in [2.05, 4.69) is 36.4 Å². The summed E-state index contributed by atoms with van der Waals surface area (Å²) in [6, 6.07) is 30.9. The van der Waals surface area contributed by atoms with E-state index in [0.29, 0.717) is 26.4 Å². The van der Waals surface area contributed by atoms with Gasteiger partial charge in [-0.15, -0.1) is 0 Å². The van der Waals surface area contributed by atoms with Gasteiger partial charge in [-0.1, -0.05) is 91.0 Å². The molecule has 1 aliphatic rings. The average Bonchev–Trinajstić information content (AvgIpc) is 3.20. The molecule has 3 nitrogen and oxygen atoms in total. The van der Waals surface area contributed by atoms with E-state index in [4.69, 9.17) is 14.2 Å². The van der Waals surface area contributed by atoms with E-state index in [9.17, 15) is 0 Å². The summed E-state index contributed by atoms with van der Waals surface area (Å²) in [7, 11) is 0. The van der Waals surface area contributed by atoms with Crippen molar-refractivity contribution in [2.45, 2.75) is 37.3 Å². The fraction of sp³-hybridized carbons (Fsp3) is 0.308. The number of benzene rings is 3. The minimum Gasteiger partial charge on any atom is -0.376 e. The maximum Gasteiger partial charge on any atom is 0.0990 e. The molecule has 0 radical (unpaired) electrons. The number of hydrogen-bond acceptors (Lipinski definition) is 4. The Morgan fingerprint density at radius 1 is 0.633 bits per heavy atom. The number of ether oxygens (including phenoxy) is 3. The molecule has 0 aliphatic carbocycles. The van der Waals surface area contributed by atoms with Gasteiger partial charge >= 0.3 is 0 Å². The Morgan fingerprint density at radius 3 is 1.70 bits per heavy atom. The molecule has 1 aliphatic heterocycles. The Morgan fingerprint density at radius 2 is 1.13 bits per heavy atom. The molecule has 1 saturated heterocycles. The van der Waals surface area contributed by atoms with Gasteiger partial charge in [0.1, 0.15) is 0 Å². The SMILES string of the molecule is c1ccc(COC[C@H]2SC[C@H](OCc3ccccc3)[C@H]2OCc2ccccc2)cc1. The Bertz CT molecular complexity index is 857. The average molecular weight is 421 g/mol. The van der Waals surface area contributed by atoms with Crippen LogP contribution >= 0.6 is 11.8 Å². The van der Waals surface area contributed by atoms with Crippen LogP contribution in [-0.2, 0) is 34.0 Å². The fourth-order valence-electron chi connectivity index (χ4n) is 3.56. The molecule has 0 amide bonds. The van der Waals surface area contributed by atoms with Crippen LogP contribution in [0.1, 0.15) is 16.7 Å². The quantitative estimate of drug-likeness (QED) is 0.433. The first-order valence-electron chi connectivity index (χ1n) is 10.4. The zero-order valence-corrected chi connectivity index (χ0v) is 17.9. The van der Waals surface area contributed by atoms with Gasteiger partial charge in [0, 0.05) is 5.75 Å². The van der Waals surface area contributed by atoms with Crippen molar-refractivity contribution in [2.75, 3.05) is 12.4 Å². The molecule has 3 aromatic rings. The number of hydrogen-bond donors (Lipinski definition) is 0. The van der Waals surface area contributed by atoms with Crippen LogP contribution < -0.4 is 0 Å². The lowest BCUT2D eigenvalue weighted by Gasteiger charge is -2.25. The van der Waals surface area contributed by atoms with Crippen molar-refractivity contribution in [3.8, 4) is 0 Å². The highest BCUT2D eigenvalue weighted by molar-refractivity contribution is 8.00. The molecule has 1 heterocycles. The van der Waals surface area contributed by atoms with Gasteiger partial charge in [-0.25, -0.2) is 0 Å². The van der Waals surface area contributed by atoms with Crippen LogP contribution in [0.4, 0.5) is 0 Å². The summed E-state index contributed by atoms with van der Waals surface area (Å²) < 4.78 is 18.7. The first kappa shape index (κ1) is 21.1. The zero-order valence-electron chi connectivity index (χ0n) is 17.1. The molecule has 4 rings (SSSR count). The van der Waals surface area contributed by atoms with Gasteiger partial charge in [-0.3, -0.25) is 0 Å². The molecular formula is C26H28O3S. The van der Waals surface area contributed by atoms with Gasteiger partial charge in [-0.05, 0) is 16.7 Å². The molecule has 1 fully saturated rings. The van der Waals surface area contributed by atoms with Gasteiger partial charge < -0.3 is 14.2 Å². The standard InChI is InChI=1S/C26H28O3S/c1-4-10-21(11-5-1)16-27-19-25-26(29-18-23-14-8-3-9-15-23)24(20-30-25)28-17-22-12-6-2-7-13-22/h1-15,24-26H,16-20H2/t24-,25+,26+/m0/s1. The summed E-state index contributed by atoms with van der Waals surface area (Å²) in [5.74, 6) is 0.922. The van der Waals surface area contributed by atoms with Crippen molar-refractivity contribution < 1.29 is 14.2 Å². The molecule has 0 aromatic heterocycles. The molecule has 3 atom stereocenters. The molecule has 156 valence electrons. The largest absolute Gasteiger partial charge is 0.376 e. The van der Waals surface area contributed by atoms with E-state index in [-0.39, 0.29) is 17.5 Å². The highest BCUT2D eigenvalue weighted by Gasteiger charge is 2.38. The summed E-state index contributed by atoms with van der Waals surface area (Å²) in [5, 5.41) is 0.262. The van der Waals surface area contributed by atoms with Crippen LogP contribution in [0, 0.1) is 0 Å². The predicted octanol–water partition coefficient (Wildman–Crippen LogP) is 5.49. The van der Waals surface area contributed by atoms with E-state index in [0.717, 1.165) is 5.75 Å². The normalized spacial score (nSPS) is 21.0. The lowest BCUT2D eigenvalue weighted by atomic mass is 10.1. The Kier molecular flexibility index (Phi) is 7.98. The second-order valence-electron chi connectivity index (χ2n) is 7.47. The second-order valence-corrected chi connectivity index (χ2v) is 8.74. The van der Waals surface area contributed by atoms with Crippen LogP contribution in [0.15, 0.2) is 91.0 Å². The summed E-state index contributed by atoms with van der Waals surface area (Å²) in [6.07, 6.45) is 0.0685.